The lowest BCUT2D eigenvalue weighted by atomic mass is 10.0. The van der Waals surface area contributed by atoms with Gasteiger partial charge in [-0.3, -0.25) is 9.69 Å². The van der Waals surface area contributed by atoms with Crippen LogP contribution < -0.4 is 4.74 Å². The molecule has 21 heavy (non-hydrogen) atoms. The standard InChI is InChI=1S/C17H25NO3/c1-12-8-9-16(21-3)15(10-12)13(2)18(11-17(19)20)14-6-4-5-7-14/h8-10,13-14H,4-7,11H2,1-3H3,(H,19,20). The third-order valence-corrected chi connectivity index (χ3v) is 4.44. The first-order valence-corrected chi connectivity index (χ1v) is 7.65. The fraction of sp³-hybridized carbons (Fsp3) is 0.588. The van der Waals surface area contributed by atoms with Crippen LogP contribution in [0.5, 0.6) is 5.75 Å². The van der Waals surface area contributed by atoms with Crippen molar-refractivity contribution in [3.63, 3.8) is 0 Å². The van der Waals surface area contributed by atoms with Crippen molar-refractivity contribution in [2.45, 2.75) is 51.6 Å². The smallest absolute Gasteiger partial charge is 0.317 e. The molecule has 0 radical (unpaired) electrons. The third-order valence-electron chi connectivity index (χ3n) is 4.44. The number of aliphatic carboxylic acids is 1. The minimum Gasteiger partial charge on any atom is -0.496 e. The van der Waals surface area contributed by atoms with Gasteiger partial charge in [-0.25, -0.2) is 0 Å². The molecule has 1 fully saturated rings. The Hall–Kier alpha value is -1.55. The van der Waals surface area contributed by atoms with Crippen molar-refractivity contribution >= 4 is 5.97 Å². The van der Waals surface area contributed by atoms with Crippen LogP contribution in [0.25, 0.3) is 0 Å². The quantitative estimate of drug-likeness (QED) is 0.872. The molecule has 0 saturated heterocycles. The molecule has 0 aromatic heterocycles. The maximum absolute atomic E-state index is 11.3. The SMILES string of the molecule is COc1ccc(C)cc1C(C)N(CC(=O)O)C1CCCC1. The highest BCUT2D eigenvalue weighted by molar-refractivity contribution is 5.69. The summed E-state index contributed by atoms with van der Waals surface area (Å²) in [7, 11) is 1.66. The summed E-state index contributed by atoms with van der Waals surface area (Å²) < 4.78 is 5.47. The number of carboxylic acid groups (broad SMARTS) is 1. The van der Waals surface area contributed by atoms with Gasteiger partial charge in [0.05, 0.1) is 13.7 Å². The van der Waals surface area contributed by atoms with Crippen LogP contribution in [-0.4, -0.2) is 35.7 Å². The number of ether oxygens (including phenoxy) is 1. The summed E-state index contributed by atoms with van der Waals surface area (Å²) in [6.45, 7) is 4.22. The molecule has 1 aliphatic carbocycles. The number of methoxy groups -OCH3 is 1. The highest BCUT2D eigenvalue weighted by Crippen LogP contribution is 2.35. The Labute approximate surface area is 126 Å². The molecule has 1 N–H and O–H groups in total. The molecule has 1 aromatic carbocycles. The summed E-state index contributed by atoms with van der Waals surface area (Å²) in [6.07, 6.45) is 4.56. The number of rotatable bonds is 6. The lowest BCUT2D eigenvalue weighted by Gasteiger charge is -2.34. The Morgan fingerprint density at radius 1 is 1.43 bits per heavy atom. The van der Waals surface area contributed by atoms with Crippen LogP contribution in [0.2, 0.25) is 0 Å². The highest BCUT2D eigenvalue weighted by Gasteiger charge is 2.30. The van der Waals surface area contributed by atoms with Gasteiger partial charge in [-0.15, -0.1) is 0 Å². The van der Waals surface area contributed by atoms with E-state index >= 15 is 0 Å². The molecule has 0 bridgehead atoms. The zero-order valence-electron chi connectivity index (χ0n) is 13.1. The van der Waals surface area contributed by atoms with Gasteiger partial charge < -0.3 is 9.84 Å². The van der Waals surface area contributed by atoms with E-state index in [9.17, 15) is 9.90 Å². The van der Waals surface area contributed by atoms with Crippen LogP contribution >= 0.6 is 0 Å². The molecule has 1 aromatic rings. The maximum atomic E-state index is 11.3. The van der Waals surface area contributed by atoms with Crippen LogP contribution in [0.3, 0.4) is 0 Å². The van der Waals surface area contributed by atoms with Gasteiger partial charge >= 0.3 is 5.97 Å². The normalized spacial score (nSPS) is 17.1. The Bertz CT molecular complexity index is 495. The van der Waals surface area contributed by atoms with Gasteiger partial charge in [-0.1, -0.05) is 30.5 Å². The number of aryl methyl sites for hydroxylation is 1. The van der Waals surface area contributed by atoms with E-state index in [1.54, 1.807) is 7.11 Å². The van der Waals surface area contributed by atoms with E-state index in [-0.39, 0.29) is 12.6 Å². The maximum Gasteiger partial charge on any atom is 0.317 e. The summed E-state index contributed by atoms with van der Waals surface area (Å²) in [5, 5.41) is 9.25. The average molecular weight is 291 g/mol. The first-order valence-electron chi connectivity index (χ1n) is 7.65. The van der Waals surface area contributed by atoms with E-state index in [4.69, 9.17) is 4.74 Å². The van der Waals surface area contributed by atoms with Crippen molar-refractivity contribution in [1.82, 2.24) is 4.90 Å². The zero-order chi connectivity index (χ0) is 15.4. The van der Waals surface area contributed by atoms with Gasteiger partial charge in [0.2, 0.25) is 0 Å². The minimum atomic E-state index is -0.764. The van der Waals surface area contributed by atoms with Crippen LogP contribution in [-0.2, 0) is 4.79 Å². The third kappa shape index (κ3) is 3.76. The molecule has 0 heterocycles. The number of nitrogens with zero attached hydrogens (tertiary/aromatic N) is 1. The molecule has 0 aliphatic heterocycles. The molecular weight excluding hydrogens is 266 g/mol. The van der Waals surface area contributed by atoms with Gasteiger partial charge in [-0.05, 0) is 32.8 Å². The first-order chi connectivity index (χ1) is 10.0. The Kier molecular flexibility index (Phi) is 5.23. The van der Waals surface area contributed by atoms with Crippen molar-refractivity contribution < 1.29 is 14.6 Å². The van der Waals surface area contributed by atoms with Gasteiger partial charge in [0.15, 0.2) is 0 Å². The number of hydrogen-bond donors (Lipinski definition) is 1. The van der Waals surface area contributed by atoms with Crippen LogP contribution in [0, 0.1) is 6.92 Å². The second-order valence-electron chi connectivity index (χ2n) is 5.93. The van der Waals surface area contributed by atoms with E-state index in [0.29, 0.717) is 6.04 Å². The van der Waals surface area contributed by atoms with Crippen molar-refractivity contribution in [1.29, 1.82) is 0 Å². The molecule has 1 unspecified atom stereocenters. The average Bonchev–Trinajstić information content (AvgIpc) is 2.97. The molecule has 116 valence electrons. The highest BCUT2D eigenvalue weighted by atomic mass is 16.5. The molecule has 1 atom stereocenters. The van der Waals surface area contributed by atoms with E-state index in [0.717, 1.165) is 24.2 Å². The lowest BCUT2D eigenvalue weighted by Crippen LogP contribution is -2.39. The minimum absolute atomic E-state index is 0.0408. The second kappa shape index (κ2) is 6.94. The van der Waals surface area contributed by atoms with Crippen LogP contribution in [0.15, 0.2) is 18.2 Å². The van der Waals surface area contributed by atoms with Crippen LogP contribution in [0.1, 0.15) is 49.8 Å². The lowest BCUT2D eigenvalue weighted by molar-refractivity contribution is -0.139. The fourth-order valence-electron chi connectivity index (χ4n) is 3.33. The van der Waals surface area contributed by atoms with Crippen molar-refractivity contribution in [3.05, 3.63) is 29.3 Å². The molecular formula is C17H25NO3. The predicted octanol–water partition coefficient (Wildman–Crippen LogP) is 3.39. The van der Waals surface area contributed by atoms with Gasteiger partial charge in [0.1, 0.15) is 5.75 Å². The summed E-state index contributed by atoms with van der Waals surface area (Å²) in [5.41, 5.74) is 2.24. The Morgan fingerprint density at radius 2 is 2.10 bits per heavy atom. The van der Waals surface area contributed by atoms with Crippen molar-refractivity contribution in [2.24, 2.45) is 0 Å². The topological polar surface area (TPSA) is 49.8 Å². The second-order valence-corrected chi connectivity index (χ2v) is 5.93. The first kappa shape index (κ1) is 15.8. The van der Waals surface area contributed by atoms with Gasteiger partial charge in [0.25, 0.3) is 0 Å². The van der Waals surface area contributed by atoms with E-state index in [1.165, 1.54) is 18.4 Å². The van der Waals surface area contributed by atoms with E-state index < -0.39 is 5.97 Å². The Morgan fingerprint density at radius 3 is 2.67 bits per heavy atom. The fourth-order valence-corrected chi connectivity index (χ4v) is 3.33. The van der Waals surface area contributed by atoms with Crippen molar-refractivity contribution in [3.8, 4) is 5.75 Å². The van der Waals surface area contributed by atoms with E-state index in [1.807, 2.05) is 19.1 Å². The van der Waals surface area contributed by atoms with Gasteiger partial charge in [0, 0.05) is 17.6 Å². The van der Waals surface area contributed by atoms with Gasteiger partial charge in [-0.2, -0.15) is 0 Å². The summed E-state index contributed by atoms with van der Waals surface area (Å²) in [5.74, 6) is 0.0712. The Balaban J connectivity index is 2.30. The zero-order valence-corrected chi connectivity index (χ0v) is 13.1. The molecule has 4 heteroatoms. The summed E-state index contributed by atoms with van der Waals surface area (Å²) in [6, 6.07) is 6.49. The molecule has 0 spiro atoms. The molecule has 2 rings (SSSR count). The van der Waals surface area contributed by atoms with E-state index in [2.05, 4.69) is 17.9 Å². The number of hydrogen-bond acceptors (Lipinski definition) is 3. The molecule has 4 nitrogen and oxygen atoms in total. The summed E-state index contributed by atoms with van der Waals surface area (Å²) >= 11 is 0. The molecule has 1 aliphatic rings. The number of benzene rings is 1. The molecule has 1 saturated carbocycles. The summed E-state index contributed by atoms with van der Waals surface area (Å²) in [4.78, 5) is 13.4. The number of carboxylic acids is 1. The number of carbonyl (C=O) groups is 1. The monoisotopic (exact) mass is 291 g/mol. The van der Waals surface area contributed by atoms with Crippen molar-refractivity contribution in [2.75, 3.05) is 13.7 Å². The van der Waals surface area contributed by atoms with Crippen LogP contribution in [0.4, 0.5) is 0 Å². The largest absolute Gasteiger partial charge is 0.496 e. The predicted molar refractivity (Wildman–Crippen MR) is 82.7 cm³/mol. The molecule has 0 amide bonds.